The molecular formula is C17H14ClFN6O. The number of hydrogen-bond donors (Lipinski definition) is 1. The van der Waals surface area contributed by atoms with Crippen LogP contribution in [-0.2, 0) is 0 Å². The van der Waals surface area contributed by atoms with Gasteiger partial charge in [0.15, 0.2) is 0 Å². The lowest BCUT2D eigenvalue weighted by Gasteiger charge is -2.12. The second-order valence-corrected chi connectivity index (χ2v) is 5.58. The van der Waals surface area contributed by atoms with E-state index in [9.17, 15) is 4.39 Å². The topological polar surface area (TPSA) is 99.2 Å². The van der Waals surface area contributed by atoms with E-state index >= 15 is 0 Å². The van der Waals surface area contributed by atoms with Gasteiger partial charge in [0.1, 0.15) is 28.9 Å². The Hall–Kier alpha value is -3.13. The molecule has 0 aliphatic heterocycles. The maximum atomic E-state index is 14.7. The van der Waals surface area contributed by atoms with Gasteiger partial charge in [-0.25, -0.2) is 19.3 Å². The van der Waals surface area contributed by atoms with Gasteiger partial charge in [0.2, 0.25) is 0 Å². The molecule has 0 bridgehead atoms. The third-order valence-electron chi connectivity index (χ3n) is 3.53. The molecule has 1 aromatic carbocycles. The van der Waals surface area contributed by atoms with E-state index in [4.69, 9.17) is 22.1 Å². The summed E-state index contributed by atoms with van der Waals surface area (Å²) < 4.78 is 20.1. The molecule has 0 aliphatic rings. The Balaban J connectivity index is 1.96. The molecule has 0 unspecified atom stereocenters. The Morgan fingerprint density at radius 3 is 2.69 bits per heavy atom. The van der Waals surface area contributed by atoms with Crippen LogP contribution in [0, 0.1) is 12.7 Å². The van der Waals surface area contributed by atoms with E-state index in [1.807, 2.05) is 0 Å². The first-order valence-corrected chi connectivity index (χ1v) is 7.88. The quantitative estimate of drug-likeness (QED) is 0.557. The fourth-order valence-electron chi connectivity index (χ4n) is 2.38. The van der Waals surface area contributed by atoms with Gasteiger partial charge in [-0.15, -0.1) is 0 Å². The largest absolute Gasteiger partial charge is 0.424 e. The zero-order valence-electron chi connectivity index (χ0n) is 13.9. The van der Waals surface area contributed by atoms with Crippen molar-refractivity contribution in [3.05, 3.63) is 64.6 Å². The second-order valence-electron chi connectivity index (χ2n) is 5.20. The highest BCUT2D eigenvalue weighted by molar-refractivity contribution is 6.29. The highest BCUT2D eigenvalue weighted by atomic mass is 35.5. The molecular weight excluding hydrogens is 359 g/mol. The fraction of sp³-hybridized carbons (Fsp3) is 0.118. The highest BCUT2D eigenvalue weighted by Gasteiger charge is 2.18. The monoisotopic (exact) mass is 372 g/mol. The lowest BCUT2D eigenvalue weighted by atomic mass is 10.0. The lowest BCUT2D eigenvalue weighted by molar-refractivity contribution is 0.438. The molecule has 0 fully saturated rings. The standard InChI is InChI=1S/C17H14ClFN6O/c1-9-14(16(20)24-8-23-9)15(21-2)11-4-3-10(7-12(11)19)26-17-22-6-5-13(18)25-17/h3-8H,1-2H3,(H2,20,23,24)/b21-15-. The van der Waals surface area contributed by atoms with Gasteiger partial charge in [0.25, 0.3) is 0 Å². The highest BCUT2D eigenvalue weighted by Crippen LogP contribution is 2.25. The number of aromatic nitrogens is 4. The van der Waals surface area contributed by atoms with E-state index in [1.165, 1.54) is 30.7 Å². The summed E-state index contributed by atoms with van der Waals surface area (Å²) in [6, 6.07) is 5.84. The van der Waals surface area contributed by atoms with Crippen LogP contribution in [0.5, 0.6) is 11.8 Å². The third-order valence-corrected chi connectivity index (χ3v) is 3.74. The van der Waals surface area contributed by atoms with Crippen molar-refractivity contribution in [2.75, 3.05) is 12.8 Å². The van der Waals surface area contributed by atoms with Gasteiger partial charge in [-0.05, 0) is 25.1 Å². The summed E-state index contributed by atoms with van der Waals surface area (Å²) in [6.45, 7) is 1.75. The number of aliphatic imine (C=N–C) groups is 1. The number of ether oxygens (including phenoxy) is 1. The predicted octanol–water partition coefficient (Wildman–Crippen LogP) is 3.21. The lowest BCUT2D eigenvalue weighted by Crippen LogP contribution is -2.13. The van der Waals surface area contributed by atoms with Crippen molar-refractivity contribution in [2.24, 2.45) is 4.99 Å². The number of nitrogen functional groups attached to an aromatic ring is 1. The van der Waals surface area contributed by atoms with Crippen LogP contribution in [0.2, 0.25) is 5.15 Å². The maximum absolute atomic E-state index is 14.7. The van der Waals surface area contributed by atoms with Gasteiger partial charge in [-0.2, -0.15) is 4.98 Å². The minimum absolute atomic E-state index is 0.0191. The normalized spacial score (nSPS) is 11.5. The molecule has 7 nitrogen and oxygen atoms in total. The van der Waals surface area contributed by atoms with Crippen LogP contribution in [0.25, 0.3) is 0 Å². The minimum atomic E-state index is -0.548. The molecule has 26 heavy (non-hydrogen) atoms. The maximum Gasteiger partial charge on any atom is 0.323 e. The first kappa shape index (κ1) is 17.7. The molecule has 2 heterocycles. The zero-order chi connectivity index (χ0) is 18.7. The van der Waals surface area contributed by atoms with Crippen LogP contribution in [0.15, 0.2) is 41.8 Å². The van der Waals surface area contributed by atoms with E-state index in [0.29, 0.717) is 17.0 Å². The number of rotatable bonds is 4. The number of benzene rings is 1. The molecule has 0 aliphatic carbocycles. The summed E-state index contributed by atoms with van der Waals surface area (Å²) in [4.78, 5) is 20.0. The Morgan fingerprint density at radius 1 is 1.23 bits per heavy atom. The van der Waals surface area contributed by atoms with Gasteiger partial charge < -0.3 is 10.5 Å². The van der Waals surface area contributed by atoms with Gasteiger partial charge >= 0.3 is 6.01 Å². The van der Waals surface area contributed by atoms with Gasteiger partial charge in [0.05, 0.1) is 17.0 Å². The molecule has 0 spiro atoms. The summed E-state index contributed by atoms with van der Waals surface area (Å²) in [7, 11) is 1.55. The number of halogens is 2. The number of nitrogens with two attached hydrogens (primary N) is 1. The molecule has 9 heteroatoms. The molecule has 3 aromatic rings. The smallest absolute Gasteiger partial charge is 0.323 e. The molecule has 3 rings (SSSR count). The number of nitrogens with zero attached hydrogens (tertiary/aromatic N) is 5. The summed E-state index contributed by atoms with van der Waals surface area (Å²) in [5.74, 6) is -0.101. The Morgan fingerprint density at radius 2 is 2.04 bits per heavy atom. The predicted molar refractivity (Wildman–Crippen MR) is 96.3 cm³/mol. The summed E-state index contributed by atoms with van der Waals surface area (Å²) in [5.41, 5.74) is 7.61. The SMILES string of the molecule is C/N=C(/c1ccc(Oc2nccc(Cl)n2)cc1F)c1c(C)ncnc1N. The van der Waals surface area contributed by atoms with Crippen LogP contribution in [-0.4, -0.2) is 32.7 Å². The summed E-state index contributed by atoms with van der Waals surface area (Å²) >= 11 is 5.78. The Labute approximate surface area is 153 Å². The van der Waals surface area contributed by atoms with E-state index in [0.717, 1.165) is 0 Å². The molecule has 2 N–H and O–H groups in total. The van der Waals surface area contributed by atoms with E-state index in [2.05, 4.69) is 24.9 Å². The van der Waals surface area contributed by atoms with Gasteiger partial charge in [-0.1, -0.05) is 11.6 Å². The minimum Gasteiger partial charge on any atom is -0.424 e. The first-order chi connectivity index (χ1) is 12.5. The van der Waals surface area contributed by atoms with E-state index < -0.39 is 5.82 Å². The average Bonchev–Trinajstić information content (AvgIpc) is 2.59. The number of anilines is 1. The van der Waals surface area contributed by atoms with Crippen LogP contribution in [0.1, 0.15) is 16.8 Å². The molecule has 0 saturated carbocycles. The second kappa shape index (κ2) is 7.40. The van der Waals surface area contributed by atoms with Crippen molar-refractivity contribution in [2.45, 2.75) is 6.92 Å². The van der Waals surface area contributed by atoms with Crippen molar-refractivity contribution in [3.8, 4) is 11.8 Å². The molecule has 0 saturated heterocycles. The van der Waals surface area contributed by atoms with Crippen LogP contribution >= 0.6 is 11.6 Å². The molecule has 0 radical (unpaired) electrons. The number of aryl methyl sites for hydroxylation is 1. The van der Waals surface area contributed by atoms with Crippen molar-refractivity contribution in [1.29, 1.82) is 0 Å². The van der Waals surface area contributed by atoms with Crippen molar-refractivity contribution >= 4 is 23.1 Å². The van der Waals surface area contributed by atoms with Gasteiger partial charge in [0, 0.05) is 24.9 Å². The van der Waals surface area contributed by atoms with Crippen molar-refractivity contribution in [1.82, 2.24) is 19.9 Å². The van der Waals surface area contributed by atoms with Crippen LogP contribution in [0.4, 0.5) is 10.2 Å². The van der Waals surface area contributed by atoms with E-state index in [1.54, 1.807) is 20.0 Å². The molecule has 132 valence electrons. The van der Waals surface area contributed by atoms with Crippen LogP contribution < -0.4 is 10.5 Å². The first-order valence-electron chi connectivity index (χ1n) is 7.50. The van der Waals surface area contributed by atoms with Crippen LogP contribution in [0.3, 0.4) is 0 Å². The summed E-state index contributed by atoms with van der Waals surface area (Å²) in [6.07, 6.45) is 2.79. The molecule has 0 amide bonds. The molecule has 2 aromatic heterocycles. The van der Waals surface area contributed by atoms with Crippen molar-refractivity contribution in [3.63, 3.8) is 0 Å². The fourth-order valence-corrected chi connectivity index (χ4v) is 2.51. The molecule has 0 atom stereocenters. The third kappa shape index (κ3) is 3.60. The Kier molecular flexibility index (Phi) is 5.04. The van der Waals surface area contributed by atoms with Crippen molar-refractivity contribution < 1.29 is 9.13 Å². The van der Waals surface area contributed by atoms with E-state index in [-0.39, 0.29) is 28.3 Å². The average molecular weight is 373 g/mol. The number of hydrogen-bond acceptors (Lipinski definition) is 7. The summed E-state index contributed by atoms with van der Waals surface area (Å²) in [5, 5.41) is 0.225. The zero-order valence-corrected chi connectivity index (χ0v) is 14.7. The Bertz CT molecular complexity index is 974. The van der Waals surface area contributed by atoms with Gasteiger partial charge in [-0.3, -0.25) is 4.99 Å².